The van der Waals surface area contributed by atoms with Gasteiger partial charge in [-0.05, 0) is 47.9 Å². The lowest BCUT2D eigenvalue weighted by Gasteiger charge is -2.22. The van der Waals surface area contributed by atoms with Crippen molar-refractivity contribution in [2.24, 2.45) is 0 Å². The Hall–Kier alpha value is -3.11. The number of fused-ring (bicyclic) bond motifs is 1. The molecule has 5 heteroatoms. The molecular formula is C23H20ClN3O. The molecule has 0 saturated heterocycles. The highest BCUT2D eigenvalue weighted by Gasteiger charge is 2.22. The molecule has 2 aromatic heterocycles. The van der Waals surface area contributed by atoms with Gasteiger partial charge in [-0.15, -0.1) is 0 Å². The smallest absolute Gasteiger partial charge is 0.147 e. The first-order valence-electron chi connectivity index (χ1n) is 9.20. The zero-order valence-electron chi connectivity index (χ0n) is 15.4. The number of phenolic OH excluding ortho intramolecular Hbond substituents is 1. The van der Waals surface area contributed by atoms with E-state index in [-0.39, 0.29) is 11.8 Å². The quantitative estimate of drug-likeness (QED) is 0.456. The van der Waals surface area contributed by atoms with E-state index in [1.165, 1.54) is 5.56 Å². The monoisotopic (exact) mass is 389 g/mol. The number of nitrogens with zero attached hydrogens (tertiary/aromatic N) is 2. The molecule has 0 bridgehead atoms. The number of nitrogens with one attached hydrogen (secondary N) is 1. The van der Waals surface area contributed by atoms with Crippen LogP contribution in [0.4, 0.5) is 5.82 Å². The molecule has 0 aliphatic carbocycles. The van der Waals surface area contributed by atoms with Crippen LogP contribution in [0, 0.1) is 0 Å². The first-order valence-corrected chi connectivity index (χ1v) is 9.57. The molecule has 0 saturated carbocycles. The van der Waals surface area contributed by atoms with E-state index in [0.717, 1.165) is 17.4 Å². The summed E-state index contributed by atoms with van der Waals surface area (Å²) in [6.45, 7) is 2.12. The fraction of sp³-hybridized carbons (Fsp3) is 0.130. The van der Waals surface area contributed by atoms with E-state index in [1.807, 2.05) is 24.3 Å². The minimum atomic E-state index is -0.329. The van der Waals surface area contributed by atoms with E-state index < -0.39 is 0 Å². The average molecular weight is 390 g/mol. The number of halogens is 1. The number of aromatic hydroxyl groups is 1. The van der Waals surface area contributed by atoms with Gasteiger partial charge in [-0.25, -0.2) is 4.98 Å². The maximum atomic E-state index is 11.0. The van der Waals surface area contributed by atoms with Gasteiger partial charge in [0.25, 0.3) is 0 Å². The number of phenols is 1. The Balaban J connectivity index is 1.87. The summed E-state index contributed by atoms with van der Waals surface area (Å²) >= 11 is 6.52. The number of aryl methyl sites for hydroxylation is 1. The standard InChI is InChI=1S/C23H20ClN3O/c1-2-15-8-10-16(11-9-15)21(27-20-7-3-4-12-25-20)18-14-19(24)17-6-5-13-26-22(17)23(18)28/h3-14,21,28H,2H2,1H3,(H,25,27)/t21-/m1/s1. The van der Waals surface area contributed by atoms with Crippen LogP contribution in [0.1, 0.15) is 29.7 Å². The number of hydrogen-bond acceptors (Lipinski definition) is 4. The van der Waals surface area contributed by atoms with Crippen molar-refractivity contribution in [2.45, 2.75) is 19.4 Å². The Morgan fingerprint density at radius 3 is 2.50 bits per heavy atom. The van der Waals surface area contributed by atoms with Gasteiger partial charge in [-0.1, -0.05) is 48.9 Å². The van der Waals surface area contributed by atoms with Gasteiger partial charge in [0.1, 0.15) is 17.1 Å². The van der Waals surface area contributed by atoms with Crippen molar-refractivity contribution >= 4 is 28.3 Å². The molecule has 2 N–H and O–H groups in total. The number of aromatic nitrogens is 2. The molecule has 4 aromatic rings. The van der Waals surface area contributed by atoms with Crippen LogP contribution in [0.25, 0.3) is 10.9 Å². The van der Waals surface area contributed by atoms with Gasteiger partial charge in [0.05, 0.1) is 11.1 Å². The molecular weight excluding hydrogens is 370 g/mol. The maximum absolute atomic E-state index is 11.0. The van der Waals surface area contributed by atoms with Gasteiger partial charge in [0.2, 0.25) is 0 Å². The van der Waals surface area contributed by atoms with Crippen LogP contribution in [-0.2, 0) is 6.42 Å². The lowest BCUT2D eigenvalue weighted by atomic mass is 9.95. The van der Waals surface area contributed by atoms with Crippen LogP contribution >= 0.6 is 11.6 Å². The highest BCUT2D eigenvalue weighted by atomic mass is 35.5. The van der Waals surface area contributed by atoms with Crippen molar-refractivity contribution in [3.8, 4) is 5.75 Å². The highest BCUT2D eigenvalue weighted by molar-refractivity contribution is 6.35. The molecule has 0 spiro atoms. The highest BCUT2D eigenvalue weighted by Crippen LogP contribution is 2.39. The largest absolute Gasteiger partial charge is 0.505 e. The minimum absolute atomic E-state index is 0.119. The van der Waals surface area contributed by atoms with Crippen molar-refractivity contribution in [3.63, 3.8) is 0 Å². The average Bonchev–Trinajstić information content (AvgIpc) is 2.76. The van der Waals surface area contributed by atoms with Crippen LogP contribution in [0.2, 0.25) is 5.02 Å². The predicted molar refractivity (Wildman–Crippen MR) is 114 cm³/mol. The maximum Gasteiger partial charge on any atom is 0.147 e. The van der Waals surface area contributed by atoms with Crippen LogP contribution in [-0.4, -0.2) is 15.1 Å². The Bertz CT molecular complexity index is 1100. The third kappa shape index (κ3) is 3.51. The molecule has 4 nitrogen and oxygen atoms in total. The predicted octanol–water partition coefficient (Wildman–Crippen LogP) is 5.75. The van der Waals surface area contributed by atoms with Crippen LogP contribution < -0.4 is 5.32 Å². The molecule has 0 fully saturated rings. The topological polar surface area (TPSA) is 58.0 Å². The minimum Gasteiger partial charge on any atom is -0.505 e. The Morgan fingerprint density at radius 2 is 1.79 bits per heavy atom. The lowest BCUT2D eigenvalue weighted by molar-refractivity contribution is 0.471. The molecule has 1 atom stereocenters. The molecule has 0 aliphatic rings. The third-order valence-electron chi connectivity index (χ3n) is 4.83. The van der Waals surface area contributed by atoms with Gasteiger partial charge in [-0.2, -0.15) is 0 Å². The van der Waals surface area contributed by atoms with Crippen LogP contribution in [0.15, 0.2) is 73.1 Å². The van der Waals surface area contributed by atoms with Crippen molar-refractivity contribution in [1.82, 2.24) is 9.97 Å². The second-order valence-electron chi connectivity index (χ2n) is 6.58. The molecule has 0 radical (unpaired) electrons. The second-order valence-corrected chi connectivity index (χ2v) is 6.99. The van der Waals surface area contributed by atoms with Gasteiger partial charge in [0.15, 0.2) is 0 Å². The summed E-state index contributed by atoms with van der Waals surface area (Å²) in [4.78, 5) is 8.71. The number of hydrogen-bond donors (Lipinski definition) is 2. The summed E-state index contributed by atoms with van der Waals surface area (Å²) in [6, 6.07) is 19.1. The van der Waals surface area contributed by atoms with Crippen molar-refractivity contribution in [2.75, 3.05) is 5.32 Å². The fourth-order valence-corrected chi connectivity index (χ4v) is 3.58. The summed E-state index contributed by atoms with van der Waals surface area (Å²) in [5, 5.41) is 15.7. The summed E-state index contributed by atoms with van der Waals surface area (Å²) in [5.41, 5.74) is 3.40. The van der Waals surface area contributed by atoms with Gasteiger partial charge in [0, 0.05) is 23.3 Å². The van der Waals surface area contributed by atoms with E-state index in [4.69, 9.17) is 11.6 Å². The summed E-state index contributed by atoms with van der Waals surface area (Å²) < 4.78 is 0. The number of anilines is 1. The molecule has 28 heavy (non-hydrogen) atoms. The van der Waals surface area contributed by atoms with Gasteiger partial charge in [-0.3, -0.25) is 4.98 Å². The van der Waals surface area contributed by atoms with E-state index in [9.17, 15) is 5.11 Å². The molecule has 2 aromatic carbocycles. The number of pyridine rings is 2. The summed E-state index contributed by atoms with van der Waals surface area (Å²) in [7, 11) is 0. The van der Waals surface area contributed by atoms with Crippen LogP contribution in [0.5, 0.6) is 5.75 Å². The Kier molecular flexibility index (Phi) is 5.13. The normalized spacial score (nSPS) is 12.1. The van der Waals surface area contributed by atoms with E-state index >= 15 is 0 Å². The Morgan fingerprint density at radius 1 is 1.00 bits per heavy atom. The first kappa shape index (κ1) is 18.3. The van der Waals surface area contributed by atoms with E-state index in [1.54, 1.807) is 24.5 Å². The van der Waals surface area contributed by atoms with Crippen molar-refractivity contribution in [1.29, 1.82) is 0 Å². The molecule has 2 heterocycles. The van der Waals surface area contributed by atoms with E-state index in [0.29, 0.717) is 21.9 Å². The number of benzene rings is 2. The van der Waals surface area contributed by atoms with Gasteiger partial charge >= 0.3 is 0 Å². The van der Waals surface area contributed by atoms with Crippen LogP contribution in [0.3, 0.4) is 0 Å². The third-order valence-corrected chi connectivity index (χ3v) is 5.15. The SMILES string of the molecule is CCc1ccc([C@@H](Nc2ccccn2)c2cc(Cl)c3cccnc3c2O)cc1. The Labute approximate surface area is 168 Å². The van der Waals surface area contributed by atoms with Crippen molar-refractivity contribution in [3.05, 3.63) is 94.8 Å². The molecule has 0 aliphatic heterocycles. The summed E-state index contributed by atoms with van der Waals surface area (Å²) in [6.07, 6.45) is 4.35. The second kappa shape index (κ2) is 7.87. The van der Waals surface area contributed by atoms with Gasteiger partial charge < -0.3 is 10.4 Å². The lowest BCUT2D eigenvalue weighted by Crippen LogP contribution is -2.14. The molecule has 140 valence electrons. The van der Waals surface area contributed by atoms with E-state index in [2.05, 4.69) is 46.5 Å². The zero-order chi connectivity index (χ0) is 19.5. The molecule has 0 amide bonds. The zero-order valence-corrected chi connectivity index (χ0v) is 16.2. The molecule has 4 rings (SSSR count). The van der Waals surface area contributed by atoms with Crippen molar-refractivity contribution < 1.29 is 5.11 Å². The molecule has 0 unspecified atom stereocenters. The summed E-state index contributed by atoms with van der Waals surface area (Å²) in [5.74, 6) is 0.830. The first-order chi connectivity index (χ1) is 13.7. The fourth-order valence-electron chi connectivity index (χ4n) is 3.31. The number of rotatable bonds is 5.